The quantitative estimate of drug-likeness (QED) is 0.598. The predicted molar refractivity (Wildman–Crippen MR) is 120 cm³/mol. The van der Waals surface area contributed by atoms with Gasteiger partial charge >= 0.3 is 0 Å². The van der Waals surface area contributed by atoms with Crippen molar-refractivity contribution in [2.24, 2.45) is 0 Å². The van der Waals surface area contributed by atoms with E-state index >= 15 is 0 Å². The molecule has 4 rings (SSSR count). The summed E-state index contributed by atoms with van der Waals surface area (Å²) in [5, 5.41) is 5.44. The second-order valence-corrected chi connectivity index (χ2v) is 8.07. The summed E-state index contributed by atoms with van der Waals surface area (Å²) in [6, 6.07) is 13.6. The van der Waals surface area contributed by atoms with Gasteiger partial charge in [0.2, 0.25) is 0 Å². The van der Waals surface area contributed by atoms with Crippen LogP contribution in [-0.4, -0.2) is 43.1 Å². The van der Waals surface area contributed by atoms with Crippen molar-refractivity contribution in [3.63, 3.8) is 0 Å². The lowest BCUT2D eigenvalue weighted by molar-refractivity contribution is 0.102. The zero-order valence-electron chi connectivity index (χ0n) is 17.2. The number of hydrogen-bond acceptors (Lipinski definition) is 6. The Bertz CT molecular complexity index is 1030. The number of anilines is 1. The number of thiazole rings is 1. The predicted octanol–water partition coefficient (Wildman–Crippen LogP) is 4.68. The molecule has 0 saturated carbocycles. The molecule has 0 bridgehead atoms. The molecular weight excluding hydrogens is 398 g/mol. The normalized spacial score (nSPS) is 13.9. The number of para-hydroxylation sites is 1. The lowest BCUT2D eigenvalue weighted by Gasteiger charge is -2.15. The number of hydrogen-bond donors (Lipinski definition) is 1. The molecule has 7 heteroatoms. The van der Waals surface area contributed by atoms with E-state index in [4.69, 9.17) is 9.47 Å². The van der Waals surface area contributed by atoms with Gasteiger partial charge in [-0.3, -0.25) is 9.69 Å². The molecule has 1 aromatic heterocycles. The van der Waals surface area contributed by atoms with Crippen LogP contribution in [0.2, 0.25) is 0 Å². The summed E-state index contributed by atoms with van der Waals surface area (Å²) in [5.74, 6) is 1.01. The van der Waals surface area contributed by atoms with Crippen molar-refractivity contribution < 1.29 is 14.3 Å². The first kappa shape index (κ1) is 20.4. The zero-order valence-corrected chi connectivity index (χ0v) is 18.0. The molecule has 0 spiro atoms. The maximum absolute atomic E-state index is 12.8. The van der Waals surface area contributed by atoms with Crippen molar-refractivity contribution in [2.45, 2.75) is 19.4 Å². The van der Waals surface area contributed by atoms with Crippen LogP contribution in [0.1, 0.15) is 28.9 Å². The van der Waals surface area contributed by atoms with E-state index in [9.17, 15) is 4.79 Å². The van der Waals surface area contributed by atoms with Gasteiger partial charge in [0.15, 0.2) is 11.5 Å². The lowest BCUT2D eigenvalue weighted by atomic mass is 10.2. The number of likely N-dealkylation sites (tertiary alicyclic amines) is 1. The SMILES string of the molecule is COc1cccc(-c2nc(C(=O)Nc3cccc(CN4CCCC4)c3)cs2)c1OC. The van der Waals surface area contributed by atoms with Crippen molar-refractivity contribution in [1.82, 2.24) is 9.88 Å². The van der Waals surface area contributed by atoms with Gasteiger partial charge in [0.25, 0.3) is 5.91 Å². The third kappa shape index (κ3) is 4.47. The van der Waals surface area contributed by atoms with Crippen molar-refractivity contribution in [3.05, 3.63) is 59.1 Å². The number of rotatable bonds is 7. The highest BCUT2D eigenvalue weighted by Crippen LogP contribution is 2.39. The van der Waals surface area contributed by atoms with E-state index in [1.54, 1.807) is 19.6 Å². The summed E-state index contributed by atoms with van der Waals surface area (Å²) in [7, 11) is 3.19. The largest absolute Gasteiger partial charge is 0.493 e. The number of nitrogens with zero attached hydrogens (tertiary/aromatic N) is 2. The number of ether oxygens (including phenoxy) is 2. The molecule has 0 radical (unpaired) electrons. The van der Waals surface area contributed by atoms with Gasteiger partial charge in [-0.1, -0.05) is 18.2 Å². The van der Waals surface area contributed by atoms with Gasteiger partial charge in [-0.2, -0.15) is 0 Å². The minimum atomic E-state index is -0.224. The van der Waals surface area contributed by atoms with Crippen LogP contribution in [0.4, 0.5) is 5.69 Å². The summed E-state index contributed by atoms with van der Waals surface area (Å²) in [6.07, 6.45) is 2.53. The Hall–Kier alpha value is -2.90. The van der Waals surface area contributed by atoms with Crippen molar-refractivity contribution in [2.75, 3.05) is 32.6 Å². The van der Waals surface area contributed by atoms with Gasteiger partial charge < -0.3 is 14.8 Å². The molecular formula is C23H25N3O3S. The monoisotopic (exact) mass is 423 g/mol. The average Bonchev–Trinajstić information content (AvgIpc) is 3.45. The van der Waals surface area contributed by atoms with Gasteiger partial charge in [0.05, 0.1) is 19.8 Å². The van der Waals surface area contributed by atoms with Crippen LogP contribution < -0.4 is 14.8 Å². The van der Waals surface area contributed by atoms with E-state index in [1.165, 1.54) is 29.7 Å². The first-order chi connectivity index (χ1) is 14.7. The van der Waals surface area contributed by atoms with E-state index in [-0.39, 0.29) is 5.91 Å². The molecule has 0 aliphatic carbocycles. The molecule has 1 aliphatic heterocycles. The molecule has 0 unspecified atom stereocenters. The molecule has 1 fully saturated rings. The zero-order chi connectivity index (χ0) is 20.9. The van der Waals surface area contributed by atoms with E-state index in [2.05, 4.69) is 21.3 Å². The minimum Gasteiger partial charge on any atom is -0.493 e. The number of methoxy groups -OCH3 is 2. The molecule has 0 atom stereocenters. The van der Waals surface area contributed by atoms with Gasteiger partial charge in [0.1, 0.15) is 10.7 Å². The van der Waals surface area contributed by atoms with Gasteiger partial charge in [-0.05, 0) is 55.8 Å². The Morgan fingerprint density at radius 3 is 2.70 bits per heavy atom. The fraction of sp³-hybridized carbons (Fsp3) is 0.304. The first-order valence-corrected chi connectivity index (χ1v) is 10.9. The number of aromatic nitrogens is 1. The van der Waals surface area contributed by atoms with Crippen LogP contribution in [0.3, 0.4) is 0 Å². The average molecular weight is 424 g/mol. The Morgan fingerprint density at radius 1 is 1.13 bits per heavy atom. The molecule has 2 aromatic carbocycles. The van der Waals surface area contributed by atoms with E-state index < -0.39 is 0 Å². The molecule has 6 nitrogen and oxygen atoms in total. The Labute approximate surface area is 180 Å². The van der Waals surface area contributed by atoms with Crippen molar-refractivity contribution >= 4 is 22.9 Å². The highest BCUT2D eigenvalue weighted by molar-refractivity contribution is 7.13. The number of nitrogens with one attached hydrogen (secondary N) is 1. The lowest BCUT2D eigenvalue weighted by Crippen LogP contribution is -2.18. The van der Waals surface area contributed by atoms with Crippen LogP contribution in [0.5, 0.6) is 11.5 Å². The smallest absolute Gasteiger partial charge is 0.275 e. The number of amides is 1. The third-order valence-electron chi connectivity index (χ3n) is 5.16. The molecule has 1 amide bonds. The number of carbonyl (C=O) groups is 1. The standard InChI is InChI=1S/C23H25N3O3S/c1-28-20-10-6-9-18(21(20)29-2)23-25-19(15-30-23)22(27)24-17-8-5-7-16(13-17)14-26-11-3-4-12-26/h5-10,13,15H,3-4,11-12,14H2,1-2H3,(H,24,27). The Morgan fingerprint density at radius 2 is 1.93 bits per heavy atom. The highest BCUT2D eigenvalue weighted by Gasteiger charge is 2.18. The topological polar surface area (TPSA) is 63.7 Å². The van der Waals surface area contributed by atoms with E-state index in [0.717, 1.165) is 30.9 Å². The molecule has 3 aromatic rings. The molecule has 1 N–H and O–H groups in total. The highest BCUT2D eigenvalue weighted by atomic mass is 32.1. The van der Waals surface area contributed by atoms with Crippen molar-refractivity contribution in [3.8, 4) is 22.1 Å². The first-order valence-electron chi connectivity index (χ1n) is 9.97. The number of benzene rings is 2. The van der Waals surface area contributed by atoms with Gasteiger partial charge in [-0.25, -0.2) is 4.98 Å². The van der Waals surface area contributed by atoms with Crippen LogP contribution in [-0.2, 0) is 6.54 Å². The van der Waals surface area contributed by atoms with Crippen LogP contribution in [0.15, 0.2) is 47.8 Å². The van der Waals surface area contributed by atoms with E-state index in [1.807, 2.05) is 36.4 Å². The fourth-order valence-corrected chi connectivity index (χ4v) is 4.52. The van der Waals surface area contributed by atoms with Crippen LogP contribution >= 0.6 is 11.3 Å². The summed E-state index contributed by atoms with van der Waals surface area (Å²) in [5.41, 5.74) is 3.17. The minimum absolute atomic E-state index is 0.224. The Kier molecular flexibility index (Phi) is 6.30. The van der Waals surface area contributed by atoms with Crippen molar-refractivity contribution in [1.29, 1.82) is 0 Å². The summed E-state index contributed by atoms with van der Waals surface area (Å²) < 4.78 is 10.9. The summed E-state index contributed by atoms with van der Waals surface area (Å²) >= 11 is 1.40. The second kappa shape index (κ2) is 9.28. The molecule has 1 aliphatic rings. The Balaban J connectivity index is 1.49. The third-order valence-corrected chi connectivity index (χ3v) is 6.04. The second-order valence-electron chi connectivity index (χ2n) is 7.22. The van der Waals surface area contributed by atoms with Crippen LogP contribution in [0.25, 0.3) is 10.6 Å². The maximum Gasteiger partial charge on any atom is 0.275 e. The summed E-state index contributed by atoms with van der Waals surface area (Å²) in [6.45, 7) is 3.21. The van der Waals surface area contributed by atoms with Crippen LogP contribution in [0, 0.1) is 0 Å². The fourth-order valence-electron chi connectivity index (χ4n) is 3.70. The van der Waals surface area contributed by atoms with Gasteiger partial charge in [0, 0.05) is 17.6 Å². The summed E-state index contributed by atoms with van der Waals surface area (Å²) in [4.78, 5) is 19.7. The molecule has 2 heterocycles. The van der Waals surface area contributed by atoms with E-state index in [0.29, 0.717) is 22.2 Å². The van der Waals surface area contributed by atoms with Gasteiger partial charge in [-0.15, -0.1) is 11.3 Å². The molecule has 156 valence electrons. The maximum atomic E-state index is 12.8. The number of carbonyl (C=O) groups excluding carboxylic acids is 1. The molecule has 30 heavy (non-hydrogen) atoms. The molecule has 1 saturated heterocycles.